The lowest BCUT2D eigenvalue weighted by Crippen LogP contribution is -2.34. The van der Waals surface area contributed by atoms with Crippen LogP contribution in [0, 0.1) is 37.3 Å². The number of thiocarbonyl (C=S) groups is 1. The summed E-state index contributed by atoms with van der Waals surface area (Å²) in [5.41, 5.74) is -0.935. The quantitative estimate of drug-likeness (QED) is 0.431. The molecular formula is C15H11N5O7S. The molecule has 0 aliphatic rings. The molecular weight excluding hydrogens is 394 g/mol. The second-order valence-corrected chi connectivity index (χ2v) is 5.83. The standard InChI is InChI=1S/C15H11N5O7S/c1-8-2-3-10(18(22)23)7-13(8)16-15(28)17-14(21)9-4-11(19(24)25)6-12(5-9)20(26)27/h2-7H,1H3,(H2,16,17,21,28). The van der Waals surface area contributed by atoms with Gasteiger partial charge in [0.2, 0.25) is 0 Å². The second-order valence-electron chi connectivity index (χ2n) is 5.42. The van der Waals surface area contributed by atoms with Crippen LogP contribution in [0.3, 0.4) is 0 Å². The third-order valence-electron chi connectivity index (χ3n) is 3.49. The van der Waals surface area contributed by atoms with Crippen LogP contribution in [0.5, 0.6) is 0 Å². The van der Waals surface area contributed by atoms with Crippen LogP contribution in [0.1, 0.15) is 15.9 Å². The number of carbonyl (C=O) groups excluding carboxylic acids is 1. The number of rotatable bonds is 5. The summed E-state index contributed by atoms with van der Waals surface area (Å²) >= 11 is 4.97. The number of amides is 1. The van der Waals surface area contributed by atoms with E-state index in [2.05, 4.69) is 10.6 Å². The Morgan fingerprint density at radius 2 is 1.43 bits per heavy atom. The van der Waals surface area contributed by atoms with Gasteiger partial charge in [0.05, 0.1) is 26.4 Å². The Morgan fingerprint density at radius 3 is 1.93 bits per heavy atom. The van der Waals surface area contributed by atoms with Crippen LogP contribution in [0.2, 0.25) is 0 Å². The maximum atomic E-state index is 12.3. The van der Waals surface area contributed by atoms with E-state index in [1.54, 1.807) is 6.92 Å². The molecule has 0 fully saturated rings. The Kier molecular flexibility index (Phi) is 5.90. The monoisotopic (exact) mass is 405 g/mol. The molecule has 2 aromatic rings. The van der Waals surface area contributed by atoms with Crippen molar-refractivity contribution < 1.29 is 19.6 Å². The number of carbonyl (C=O) groups is 1. The summed E-state index contributed by atoms with van der Waals surface area (Å²) in [4.78, 5) is 42.6. The normalized spacial score (nSPS) is 10.0. The molecule has 2 N–H and O–H groups in total. The number of hydrogen-bond donors (Lipinski definition) is 2. The van der Waals surface area contributed by atoms with E-state index in [0.29, 0.717) is 5.56 Å². The lowest BCUT2D eigenvalue weighted by molar-refractivity contribution is -0.394. The first-order valence-electron chi connectivity index (χ1n) is 7.39. The van der Waals surface area contributed by atoms with Gasteiger partial charge in [0.15, 0.2) is 5.11 Å². The fourth-order valence-corrected chi connectivity index (χ4v) is 2.33. The van der Waals surface area contributed by atoms with E-state index in [9.17, 15) is 35.1 Å². The van der Waals surface area contributed by atoms with Crippen LogP contribution in [0.15, 0.2) is 36.4 Å². The molecule has 12 nitrogen and oxygen atoms in total. The zero-order chi connectivity index (χ0) is 21.0. The molecule has 13 heteroatoms. The summed E-state index contributed by atoms with van der Waals surface area (Å²) in [5.74, 6) is -0.924. The Morgan fingerprint density at radius 1 is 0.893 bits per heavy atom. The molecule has 0 aromatic heterocycles. The van der Waals surface area contributed by atoms with Crippen LogP contribution in [-0.2, 0) is 0 Å². The largest absolute Gasteiger partial charge is 0.332 e. The number of nitrogens with zero attached hydrogens (tertiary/aromatic N) is 3. The second kappa shape index (κ2) is 8.13. The molecule has 144 valence electrons. The first-order chi connectivity index (χ1) is 13.1. The van der Waals surface area contributed by atoms with Crippen molar-refractivity contribution in [2.24, 2.45) is 0 Å². The van der Waals surface area contributed by atoms with Crippen molar-refractivity contribution in [3.8, 4) is 0 Å². The summed E-state index contributed by atoms with van der Waals surface area (Å²) in [6.07, 6.45) is 0. The molecule has 2 rings (SSSR count). The number of non-ortho nitro benzene ring substituents is 3. The molecule has 0 aliphatic carbocycles. The zero-order valence-electron chi connectivity index (χ0n) is 14.1. The van der Waals surface area contributed by atoms with Crippen molar-refractivity contribution in [1.82, 2.24) is 5.32 Å². The van der Waals surface area contributed by atoms with Gasteiger partial charge < -0.3 is 5.32 Å². The molecule has 2 aromatic carbocycles. The first-order valence-corrected chi connectivity index (χ1v) is 7.80. The van der Waals surface area contributed by atoms with Crippen LogP contribution < -0.4 is 10.6 Å². The highest BCUT2D eigenvalue weighted by atomic mass is 32.1. The Bertz CT molecular complexity index is 992. The lowest BCUT2D eigenvalue weighted by atomic mass is 10.1. The summed E-state index contributed by atoms with van der Waals surface area (Å²) in [7, 11) is 0. The molecule has 0 spiro atoms. The van der Waals surface area contributed by atoms with Gasteiger partial charge >= 0.3 is 0 Å². The Labute approximate surface area is 161 Å². The third-order valence-corrected chi connectivity index (χ3v) is 3.70. The number of anilines is 1. The smallest absolute Gasteiger partial charge is 0.277 e. The molecule has 0 aliphatic heterocycles. The SMILES string of the molecule is Cc1ccc([N+](=O)[O-])cc1NC(=S)NC(=O)c1cc([N+](=O)[O-])cc([N+](=O)[O-])c1. The molecule has 0 radical (unpaired) electrons. The van der Waals surface area contributed by atoms with E-state index in [-0.39, 0.29) is 22.1 Å². The first kappa shape index (κ1) is 20.3. The average molecular weight is 405 g/mol. The topological polar surface area (TPSA) is 171 Å². The van der Waals surface area contributed by atoms with Crippen LogP contribution in [0.25, 0.3) is 0 Å². The molecule has 0 unspecified atom stereocenters. The molecule has 1 amide bonds. The third kappa shape index (κ3) is 4.79. The van der Waals surface area contributed by atoms with Crippen molar-refractivity contribution in [2.75, 3.05) is 5.32 Å². The Hall–Kier alpha value is -4.00. The Balaban J connectivity index is 2.22. The summed E-state index contributed by atoms with van der Waals surface area (Å²) in [5, 5.41) is 37.2. The van der Waals surface area contributed by atoms with Crippen LogP contribution in [0.4, 0.5) is 22.7 Å². The van der Waals surface area contributed by atoms with Crippen molar-refractivity contribution in [3.05, 3.63) is 77.9 Å². The van der Waals surface area contributed by atoms with E-state index in [1.165, 1.54) is 18.2 Å². The van der Waals surface area contributed by atoms with E-state index >= 15 is 0 Å². The fourth-order valence-electron chi connectivity index (χ4n) is 2.12. The number of nitro benzene ring substituents is 3. The van der Waals surface area contributed by atoms with E-state index in [4.69, 9.17) is 12.2 Å². The minimum atomic E-state index is -0.924. The highest BCUT2D eigenvalue weighted by molar-refractivity contribution is 7.80. The molecule has 0 atom stereocenters. The van der Waals surface area contributed by atoms with Gasteiger partial charge in [0.25, 0.3) is 23.0 Å². The number of nitrogens with one attached hydrogen (secondary N) is 2. The summed E-state index contributed by atoms with van der Waals surface area (Å²) < 4.78 is 0. The molecule has 0 saturated carbocycles. The van der Waals surface area contributed by atoms with E-state index in [0.717, 1.165) is 18.2 Å². The predicted molar refractivity (Wildman–Crippen MR) is 101 cm³/mol. The van der Waals surface area contributed by atoms with Crippen LogP contribution in [-0.4, -0.2) is 25.8 Å². The van der Waals surface area contributed by atoms with Gasteiger partial charge in [0.1, 0.15) is 0 Å². The predicted octanol–water partition coefficient (Wildman–Crippen LogP) is 2.85. The van der Waals surface area contributed by atoms with Gasteiger partial charge in [0, 0.05) is 30.0 Å². The van der Waals surface area contributed by atoms with Gasteiger partial charge in [-0.1, -0.05) is 6.07 Å². The van der Waals surface area contributed by atoms with Crippen molar-refractivity contribution in [1.29, 1.82) is 0 Å². The lowest BCUT2D eigenvalue weighted by Gasteiger charge is -2.11. The highest BCUT2D eigenvalue weighted by Crippen LogP contribution is 2.23. The van der Waals surface area contributed by atoms with Crippen LogP contribution >= 0.6 is 12.2 Å². The van der Waals surface area contributed by atoms with Gasteiger partial charge in [-0.05, 0) is 24.7 Å². The minimum absolute atomic E-state index is 0.198. The van der Waals surface area contributed by atoms with Crippen molar-refractivity contribution in [3.63, 3.8) is 0 Å². The average Bonchev–Trinajstić information content (AvgIpc) is 2.62. The number of nitro groups is 3. The van der Waals surface area contributed by atoms with Gasteiger partial charge in [-0.2, -0.15) is 0 Å². The van der Waals surface area contributed by atoms with Gasteiger partial charge in [-0.3, -0.25) is 40.5 Å². The molecule has 0 saturated heterocycles. The highest BCUT2D eigenvalue weighted by Gasteiger charge is 2.20. The zero-order valence-corrected chi connectivity index (χ0v) is 14.9. The summed E-state index contributed by atoms with van der Waals surface area (Å²) in [6, 6.07) is 6.44. The fraction of sp³-hybridized carbons (Fsp3) is 0.0667. The maximum absolute atomic E-state index is 12.3. The molecule has 0 bridgehead atoms. The summed E-state index contributed by atoms with van der Waals surface area (Å²) in [6.45, 7) is 1.65. The van der Waals surface area contributed by atoms with Crippen molar-refractivity contribution >= 4 is 46.0 Å². The van der Waals surface area contributed by atoms with E-state index in [1.807, 2.05) is 0 Å². The number of hydrogen-bond acceptors (Lipinski definition) is 8. The number of aryl methyl sites for hydroxylation is 1. The van der Waals surface area contributed by atoms with Crippen molar-refractivity contribution in [2.45, 2.75) is 6.92 Å². The minimum Gasteiger partial charge on any atom is -0.332 e. The number of benzene rings is 2. The molecule has 28 heavy (non-hydrogen) atoms. The maximum Gasteiger partial charge on any atom is 0.277 e. The van der Waals surface area contributed by atoms with Gasteiger partial charge in [-0.25, -0.2) is 0 Å². The molecule has 0 heterocycles. The van der Waals surface area contributed by atoms with Gasteiger partial charge in [-0.15, -0.1) is 0 Å². The van der Waals surface area contributed by atoms with E-state index < -0.39 is 32.1 Å².